The van der Waals surface area contributed by atoms with Crippen LogP contribution in [0.1, 0.15) is 11.4 Å². The lowest BCUT2D eigenvalue weighted by Crippen LogP contribution is -2.09. The van der Waals surface area contributed by atoms with E-state index in [4.69, 9.17) is 4.74 Å². The van der Waals surface area contributed by atoms with Crippen LogP contribution >= 0.6 is 0 Å². The van der Waals surface area contributed by atoms with E-state index in [1.54, 1.807) is 48.6 Å². The van der Waals surface area contributed by atoms with Crippen LogP contribution < -0.4 is 15.0 Å². The average Bonchev–Trinajstić information content (AvgIpc) is 2.60. The zero-order valence-electron chi connectivity index (χ0n) is 13.2. The first-order valence-electron chi connectivity index (χ1n) is 7.37. The van der Waals surface area contributed by atoms with Gasteiger partial charge in [0.2, 0.25) is 0 Å². The molecule has 3 rings (SSSR count). The van der Waals surface area contributed by atoms with Crippen LogP contribution in [0.5, 0.6) is 11.5 Å². The molecule has 2 aromatic carbocycles. The van der Waals surface area contributed by atoms with E-state index in [1.807, 2.05) is 0 Å². The number of H-pyrrole nitrogens is 1. The van der Waals surface area contributed by atoms with Crippen LogP contribution in [0.15, 0.2) is 47.3 Å². The van der Waals surface area contributed by atoms with Gasteiger partial charge in [-0.2, -0.15) is 8.78 Å². The number of benzene rings is 2. The van der Waals surface area contributed by atoms with E-state index in [0.717, 1.165) is 0 Å². The number of ether oxygens (including phenoxy) is 2. The molecule has 7 heteroatoms. The zero-order chi connectivity index (χ0) is 17.8. The molecule has 1 heterocycles. The number of hydrogen-bond acceptors (Lipinski definition) is 4. The molecule has 1 aromatic heterocycles. The van der Waals surface area contributed by atoms with Gasteiger partial charge in [-0.05, 0) is 35.9 Å². The Bertz CT molecular complexity index is 983. The Hall–Kier alpha value is -3.22. The first-order chi connectivity index (χ1) is 12.1. The van der Waals surface area contributed by atoms with Crippen LogP contribution in [0.3, 0.4) is 0 Å². The molecule has 0 aliphatic heterocycles. The summed E-state index contributed by atoms with van der Waals surface area (Å²) in [5.41, 5.74) is 1.03. The standard InChI is InChI=1S/C18H14F2N2O3/c1-24-15-10-11(6-8-14(15)25-18(19)20)7-9-16-21-13-5-3-2-4-12(13)17(23)22-16/h2-10,18H,1H3,(H,21,22,23)/b9-7+. The van der Waals surface area contributed by atoms with Crippen molar-refractivity contribution in [2.75, 3.05) is 7.11 Å². The van der Waals surface area contributed by atoms with Crippen LogP contribution in [0.25, 0.3) is 23.1 Å². The minimum atomic E-state index is -2.93. The highest BCUT2D eigenvalue weighted by molar-refractivity contribution is 5.79. The quantitative estimate of drug-likeness (QED) is 0.766. The van der Waals surface area contributed by atoms with Gasteiger partial charge in [-0.25, -0.2) is 4.98 Å². The van der Waals surface area contributed by atoms with Crippen LogP contribution in [0, 0.1) is 0 Å². The molecule has 3 aromatic rings. The van der Waals surface area contributed by atoms with Gasteiger partial charge in [0.25, 0.3) is 5.56 Å². The smallest absolute Gasteiger partial charge is 0.387 e. The predicted octanol–water partition coefficient (Wildman–Crippen LogP) is 3.70. The minimum absolute atomic E-state index is 0.0492. The molecule has 5 nitrogen and oxygen atoms in total. The second-order valence-electron chi connectivity index (χ2n) is 5.09. The lowest BCUT2D eigenvalue weighted by molar-refractivity contribution is -0.0512. The first-order valence-corrected chi connectivity index (χ1v) is 7.37. The summed E-state index contributed by atoms with van der Waals surface area (Å²) >= 11 is 0. The molecule has 1 N–H and O–H groups in total. The number of halogens is 2. The molecule has 0 aliphatic carbocycles. The number of aromatic nitrogens is 2. The van der Waals surface area contributed by atoms with Crippen molar-refractivity contribution < 1.29 is 18.3 Å². The molecule has 0 atom stereocenters. The number of nitrogens with zero attached hydrogens (tertiary/aromatic N) is 1. The van der Waals surface area contributed by atoms with Crippen molar-refractivity contribution in [1.82, 2.24) is 9.97 Å². The highest BCUT2D eigenvalue weighted by atomic mass is 19.3. The van der Waals surface area contributed by atoms with E-state index in [-0.39, 0.29) is 17.1 Å². The maximum absolute atomic E-state index is 12.3. The van der Waals surface area contributed by atoms with Gasteiger partial charge in [-0.15, -0.1) is 0 Å². The van der Waals surface area contributed by atoms with Crippen molar-refractivity contribution in [3.8, 4) is 11.5 Å². The summed E-state index contributed by atoms with van der Waals surface area (Å²) in [4.78, 5) is 19.1. The maximum Gasteiger partial charge on any atom is 0.387 e. The molecule has 0 amide bonds. The van der Waals surface area contributed by atoms with Crippen LogP contribution in [-0.4, -0.2) is 23.7 Å². The molecule has 0 saturated carbocycles. The van der Waals surface area contributed by atoms with E-state index in [2.05, 4.69) is 14.7 Å². The minimum Gasteiger partial charge on any atom is -0.493 e. The van der Waals surface area contributed by atoms with Gasteiger partial charge in [-0.1, -0.05) is 24.3 Å². The van der Waals surface area contributed by atoms with Gasteiger partial charge >= 0.3 is 6.61 Å². The van der Waals surface area contributed by atoms with Crippen molar-refractivity contribution >= 4 is 23.1 Å². The molecular formula is C18H14F2N2O3. The number of nitrogens with one attached hydrogen (secondary N) is 1. The summed E-state index contributed by atoms with van der Waals surface area (Å²) in [5, 5.41) is 0.509. The van der Waals surface area contributed by atoms with Gasteiger partial charge in [-0.3, -0.25) is 4.79 Å². The molecule has 0 spiro atoms. The lowest BCUT2D eigenvalue weighted by Gasteiger charge is -2.10. The van der Waals surface area contributed by atoms with E-state index in [9.17, 15) is 13.6 Å². The van der Waals surface area contributed by atoms with Crippen molar-refractivity contribution in [1.29, 1.82) is 0 Å². The van der Waals surface area contributed by atoms with Crippen LogP contribution in [0.2, 0.25) is 0 Å². The summed E-state index contributed by atoms with van der Waals surface area (Å²) in [6, 6.07) is 11.5. The summed E-state index contributed by atoms with van der Waals surface area (Å²) < 4.78 is 34.1. The summed E-state index contributed by atoms with van der Waals surface area (Å²) in [5.74, 6) is 0.518. The molecule has 0 unspecified atom stereocenters. The van der Waals surface area contributed by atoms with Crippen LogP contribution in [0.4, 0.5) is 8.78 Å². The van der Waals surface area contributed by atoms with E-state index < -0.39 is 6.61 Å². The highest BCUT2D eigenvalue weighted by Gasteiger charge is 2.10. The van der Waals surface area contributed by atoms with Crippen molar-refractivity contribution in [3.63, 3.8) is 0 Å². The fourth-order valence-corrected chi connectivity index (χ4v) is 2.34. The topological polar surface area (TPSA) is 64.2 Å². The molecule has 0 bridgehead atoms. The Kier molecular flexibility index (Phi) is 4.74. The summed E-state index contributed by atoms with van der Waals surface area (Å²) in [7, 11) is 1.36. The number of fused-ring (bicyclic) bond motifs is 1. The molecule has 0 fully saturated rings. The normalized spacial score (nSPS) is 11.4. The van der Waals surface area contributed by atoms with E-state index in [1.165, 1.54) is 13.2 Å². The third-order valence-electron chi connectivity index (χ3n) is 3.47. The van der Waals surface area contributed by atoms with Gasteiger partial charge < -0.3 is 14.5 Å². The van der Waals surface area contributed by atoms with Crippen LogP contribution in [-0.2, 0) is 0 Å². The van der Waals surface area contributed by atoms with Gasteiger partial charge in [0, 0.05) is 0 Å². The Labute approximate surface area is 141 Å². The third-order valence-corrected chi connectivity index (χ3v) is 3.47. The van der Waals surface area contributed by atoms with E-state index in [0.29, 0.717) is 22.3 Å². The first kappa shape index (κ1) is 16.6. The second-order valence-corrected chi connectivity index (χ2v) is 5.09. The number of aromatic amines is 1. The SMILES string of the molecule is COc1cc(/C=C/c2nc3ccccc3c(=O)[nH]2)ccc1OC(F)F. The van der Waals surface area contributed by atoms with Gasteiger partial charge in [0.05, 0.1) is 18.0 Å². The Morgan fingerprint density at radius 3 is 2.68 bits per heavy atom. The van der Waals surface area contributed by atoms with Gasteiger partial charge in [0.15, 0.2) is 11.5 Å². The third kappa shape index (κ3) is 3.82. The second kappa shape index (κ2) is 7.12. The number of para-hydroxylation sites is 1. The van der Waals surface area contributed by atoms with Crippen molar-refractivity contribution in [2.45, 2.75) is 6.61 Å². The molecule has 0 saturated heterocycles. The van der Waals surface area contributed by atoms with Gasteiger partial charge in [0.1, 0.15) is 5.82 Å². The number of rotatable bonds is 5. The Morgan fingerprint density at radius 1 is 1.12 bits per heavy atom. The zero-order valence-corrected chi connectivity index (χ0v) is 13.2. The molecule has 128 valence electrons. The summed E-state index contributed by atoms with van der Waals surface area (Å²) in [6.07, 6.45) is 3.30. The Morgan fingerprint density at radius 2 is 1.92 bits per heavy atom. The monoisotopic (exact) mass is 344 g/mol. The largest absolute Gasteiger partial charge is 0.493 e. The molecule has 0 aliphatic rings. The predicted molar refractivity (Wildman–Crippen MR) is 90.9 cm³/mol. The maximum atomic E-state index is 12.3. The fraction of sp³-hybridized carbons (Fsp3) is 0.111. The number of hydrogen-bond donors (Lipinski definition) is 1. The molecular weight excluding hydrogens is 330 g/mol. The van der Waals surface area contributed by atoms with Crippen molar-refractivity contribution in [3.05, 3.63) is 64.2 Å². The van der Waals surface area contributed by atoms with Crippen molar-refractivity contribution in [2.24, 2.45) is 0 Å². The summed E-state index contributed by atoms with van der Waals surface area (Å²) in [6.45, 7) is -2.93. The fourth-order valence-electron chi connectivity index (χ4n) is 2.34. The molecule has 25 heavy (non-hydrogen) atoms. The lowest BCUT2D eigenvalue weighted by atomic mass is 10.2. The van der Waals surface area contributed by atoms with E-state index >= 15 is 0 Å². The average molecular weight is 344 g/mol. The number of alkyl halides is 2. The highest BCUT2D eigenvalue weighted by Crippen LogP contribution is 2.30. The number of methoxy groups -OCH3 is 1. The molecule has 0 radical (unpaired) electrons. The Balaban J connectivity index is 1.90.